The van der Waals surface area contributed by atoms with Crippen molar-refractivity contribution in [1.29, 1.82) is 0 Å². The van der Waals surface area contributed by atoms with Crippen molar-refractivity contribution in [1.82, 2.24) is 4.90 Å². The van der Waals surface area contributed by atoms with Crippen LogP contribution in [0.2, 0.25) is 0 Å². The van der Waals surface area contributed by atoms with E-state index in [0.717, 1.165) is 35.2 Å². The van der Waals surface area contributed by atoms with E-state index >= 15 is 0 Å². The van der Waals surface area contributed by atoms with E-state index in [1.807, 2.05) is 0 Å². The second-order valence-electron chi connectivity index (χ2n) is 8.00. The molecule has 4 rings (SSSR count). The lowest BCUT2D eigenvalue weighted by Gasteiger charge is -2.12. The zero-order valence-electron chi connectivity index (χ0n) is 20.4. The van der Waals surface area contributed by atoms with Crippen LogP contribution in [0, 0.1) is 26.0 Å². The van der Waals surface area contributed by atoms with Gasteiger partial charge in [0.05, 0.1) is 27.9 Å². The summed E-state index contributed by atoms with van der Waals surface area (Å²) in [7, 11) is 1.31. The summed E-state index contributed by atoms with van der Waals surface area (Å²) in [5.41, 5.74) is -0.410. The molecule has 0 aromatic heterocycles. The SMILES string of the molecule is COc1cc(/C=C2/SC(=O)N(CC(=O)Nc3ccc(F)cc3)C2=O)ccc1Oc1ccc([N+](=O)[O-])cc1[N+](=O)[O-]. The van der Waals surface area contributed by atoms with Gasteiger partial charge < -0.3 is 14.8 Å². The number of imide groups is 1. The molecule has 0 saturated carbocycles. The first-order chi connectivity index (χ1) is 19.0. The Bertz CT molecular complexity index is 1580. The summed E-state index contributed by atoms with van der Waals surface area (Å²) in [4.78, 5) is 59.1. The van der Waals surface area contributed by atoms with Gasteiger partial charge in [0.1, 0.15) is 12.4 Å². The number of methoxy groups -OCH3 is 1. The number of hydrogen-bond donors (Lipinski definition) is 1. The number of rotatable bonds is 9. The van der Waals surface area contributed by atoms with Gasteiger partial charge >= 0.3 is 5.69 Å². The summed E-state index contributed by atoms with van der Waals surface area (Å²) < 4.78 is 23.9. The van der Waals surface area contributed by atoms with Crippen molar-refractivity contribution >= 4 is 52.0 Å². The van der Waals surface area contributed by atoms with Gasteiger partial charge in [-0.2, -0.15) is 0 Å². The number of nitro groups is 2. The van der Waals surface area contributed by atoms with Crippen molar-refractivity contribution in [2.45, 2.75) is 0 Å². The highest BCUT2D eigenvalue weighted by Gasteiger charge is 2.36. The summed E-state index contributed by atoms with van der Waals surface area (Å²) in [6.45, 7) is -0.552. The van der Waals surface area contributed by atoms with E-state index in [1.54, 1.807) is 0 Å². The van der Waals surface area contributed by atoms with E-state index in [1.165, 1.54) is 43.5 Å². The van der Waals surface area contributed by atoms with Crippen molar-refractivity contribution < 1.29 is 38.1 Å². The molecule has 0 unspecified atom stereocenters. The van der Waals surface area contributed by atoms with Crippen LogP contribution in [0.3, 0.4) is 0 Å². The number of nitro benzene ring substituents is 2. The average Bonchev–Trinajstić information content (AvgIpc) is 3.17. The van der Waals surface area contributed by atoms with Gasteiger partial charge in [-0.25, -0.2) is 4.39 Å². The first-order valence-electron chi connectivity index (χ1n) is 11.1. The molecule has 0 spiro atoms. The highest BCUT2D eigenvalue weighted by atomic mass is 32.2. The van der Waals surface area contributed by atoms with Crippen molar-refractivity contribution in [2.24, 2.45) is 0 Å². The lowest BCUT2D eigenvalue weighted by Crippen LogP contribution is -2.36. The molecule has 3 aromatic rings. The lowest BCUT2D eigenvalue weighted by molar-refractivity contribution is -0.394. The molecule has 1 N–H and O–H groups in total. The summed E-state index contributed by atoms with van der Waals surface area (Å²) in [6, 6.07) is 12.2. The molecule has 0 radical (unpaired) electrons. The minimum atomic E-state index is -0.820. The quantitative estimate of drug-likeness (QED) is 0.207. The van der Waals surface area contributed by atoms with Gasteiger partial charge in [0.15, 0.2) is 11.5 Å². The fraction of sp³-hybridized carbons (Fsp3) is 0.0800. The minimum absolute atomic E-state index is 0.0290. The van der Waals surface area contributed by atoms with Crippen LogP contribution in [-0.2, 0) is 9.59 Å². The number of carbonyl (C=O) groups excluding carboxylic acids is 3. The van der Waals surface area contributed by atoms with Crippen LogP contribution in [0.25, 0.3) is 6.08 Å². The number of non-ortho nitro benzene ring substituents is 1. The normalized spacial score (nSPS) is 13.8. The molecule has 3 aromatic carbocycles. The van der Waals surface area contributed by atoms with Gasteiger partial charge in [0, 0.05) is 11.8 Å². The second kappa shape index (κ2) is 11.6. The smallest absolute Gasteiger partial charge is 0.318 e. The molecule has 204 valence electrons. The Morgan fingerprint density at radius 2 is 1.70 bits per heavy atom. The number of thioether (sulfide) groups is 1. The molecule has 1 heterocycles. The van der Waals surface area contributed by atoms with Crippen LogP contribution in [0.15, 0.2) is 65.6 Å². The van der Waals surface area contributed by atoms with Gasteiger partial charge in [-0.05, 0) is 65.9 Å². The van der Waals surface area contributed by atoms with E-state index in [0.29, 0.717) is 23.0 Å². The van der Waals surface area contributed by atoms with Gasteiger partial charge in [-0.3, -0.25) is 39.5 Å². The van der Waals surface area contributed by atoms with E-state index in [2.05, 4.69) is 5.32 Å². The molecule has 1 aliphatic heterocycles. The van der Waals surface area contributed by atoms with Crippen molar-refractivity contribution in [2.75, 3.05) is 19.0 Å². The van der Waals surface area contributed by atoms with E-state index < -0.39 is 50.6 Å². The average molecular weight is 568 g/mol. The number of anilines is 1. The Labute approximate surface area is 228 Å². The fourth-order valence-corrected chi connectivity index (χ4v) is 4.33. The number of nitrogens with zero attached hydrogens (tertiary/aromatic N) is 3. The van der Waals surface area contributed by atoms with Crippen LogP contribution in [0.4, 0.5) is 26.2 Å². The Balaban J connectivity index is 1.50. The maximum Gasteiger partial charge on any atom is 0.318 e. The molecule has 1 saturated heterocycles. The summed E-state index contributed by atoms with van der Waals surface area (Å²) in [5, 5.41) is 24.2. The number of amides is 3. The number of benzene rings is 3. The standard InChI is InChI=1S/C25H17FN4O9S/c1-38-21-10-14(2-8-20(21)39-19-9-7-17(29(34)35)12-18(19)30(36)37)11-22-24(32)28(25(33)40-22)13-23(31)27-16-5-3-15(26)4-6-16/h2-12H,13H2,1H3,(H,27,31)/b22-11+. The topological polar surface area (TPSA) is 171 Å². The van der Waals surface area contributed by atoms with Gasteiger partial charge in [0.2, 0.25) is 11.7 Å². The third-order valence-electron chi connectivity index (χ3n) is 5.36. The van der Waals surface area contributed by atoms with Crippen LogP contribution in [0.5, 0.6) is 17.2 Å². The Hall–Kier alpha value is -5.31. The molecule has 0 bridgehead atoms. The Kier molecular flexibility index (Phi) is 8.04. The van der Waals surface area contributed by atoms with Gasteiger partial charge in [-0.15, -0.1) is 0 Å². The van der Waals surface area contributed by atoms with E-state index in [9.17, 15) is 39.0 Å². The maximum atomic E-state index is 13.0. The minimum Gasteiger partial charge on any atom is -0.493 e. The zero-order valence-corrected chi connectivity index (χ0v) is 21.2. The molecular weight excluding hydrogens is 551 g/mol. The van der Waals surface area contributed by atoms with Crippen molar-refractivity contribution in [3.05, 3.63) is 97.2 Å². The van der Waals surface area contributed by atoms with Crippen LogP contribution in [0.1, 0.15) is 5.56 Å². The monoisotopic (exact) mass is 568 g/mol. The van der Waals surface area contributed by atoms with Crippen LogP contribution < -0.4 is 14.8 Å². The predicted octanol–water partition coefficient (Wildman–Crippen LogP) is 5.12. The van der Waals surface area contributed by atoms with Crippen molar-refractivity contribution in [3.8, 4) is 17.2 Å². The molecule has 1 fully saturated rings. The number of ether oxygens (including phenoxy) is 2. The molecule has 3 amide bonds. The molecule has 1 aliphatic rings. The molecule has 0 aliphatic carbocycles. The third kappa shape index (κ3) is 6.21. The van der Waals surface area contributed by atoms with Crippen molar-refractivity contribution in [3.63, 3.8) is 0 Å². The first-order valence-corrected chi connectivity index (χ1v) is 12.0. The zero-order chi connectivity index (χ0) is 29.0. The number of halogens is 1. The van der Waals surface area contributed by atoms with E-state index in [-0.39, 0.29) is 22.2 Å². The third-order valence-corrected chi connectivity index (χ3v) is 6.27. The maximum absolute atomic E-state index is 13.0. The van der Waals surface area contributed by atoms with Crippen LogP contribution in [-0.4, -0.2) is 45.5 Å². The molecule has 15 heteroatoms. The molecule has 13 nitrogen and oxygen atoms in total. The second-order valence-corrected chi connectivity index (χ2v) is 8.99. The predicted molar refractivity (Wildman–Crippen MR) is 141 cm³/mol. The molecule has 40 heavy (non-hydrogen) atoms. The summed E-state index contributed by atoms with van der Waals surface area (Å²) in [5.74, 6) is -1.95. The highest BCUT2D eigenvalue weighted by Crippen LogP contribution is 2.39. The fourth-order valence-electron chi connectivity index (χ4n) is 3.49. The number of carbonyl (C=O) groups is 3. The first kappa shape index (κ1) is 27.7. The van der Waals surface area contributed by atoms with Gasteiger partial charge in [0.25, 0.3) is 16.8 Å². The number of nitrogens with one attached hydrogen (secondary N) is 1. The number of hydrogen-bond acceptors (Lipinski definition) is 10. The summed E-state index contributed by atoms with van der Waals surface area (Å²) in [6.07, 6.45) is 1.39. The Morgan fingerprint density at radius 1 is 1.00 bits per heavy atom. The Morgan fingerprint density at radius 3 is 2.35 bits per heavy atom. The highest BCUT2D eigenvalue weighted by molar-refractivity contribution is 8.18. The molecular formula is C25H17FN4O9S. The lowest BCUT2D eigenvalue weighted by atomic mass is 10.1. The largest absolute Gasteiger partial charge is 0.493 e. The summed E-state index contributed by atoms with van der Waals surface area (Å²) >= 11 is 0.623. The van der Waals surface area contributed by atoms with E-state index in [4.69, 9.17) is 9.47 Å². The molecule has 0 atom stereocenters. The van der Waals surface area contributed by atoms with Gasteiger partial charge in [-0.1, -0.05) is 6.07 Å². The van der Waals surface area contributed by atoms with Crippen LogP contribution >= 0.6 is 11.8 Å².